The molecule has 20 N–H and O–H groups in total. The predicted molar refractivity (Wildman–Crippen MR) is 255 cm³/mol. The molecule has 0 bridgehead atoms. The molecule has 2 saturated heterocycles. The van der Waals surface area contributed by atoms with Crippen LogP contribution in [0.2, 0.25) is 0 Å². The van der Waals surface area contributed by atoms with E-state index in [1.165, 1.54) is 16.7 Å². The van der Waals surface area contributed by atoms with Crippen molar-refractivity contribution < 1.29 is 58.5 Å². The molecule has 2 fully saturated rings. The van der Waals surface area contributed by atoms with Crippen LogP contribution < -0.4 is 61.0 Å². The van der Waals surface area contributed by atoms with Crippen molar-refractivity contribution in [2.24, 2.45) is 50.3 Å². The van der Waals surface area contributed by atoms with Crippen molar-refractivity contribution >= 4 is 65.2 Å². The van der Waals surface area contributed by atoms with E-state index in [2.05, 4.69) is 36.6 Å². The van der Waals surface area contributed by atoms with Gasteiger partial charge in [0.2, 0.25) is 41.4 Å². The second-order valence-corrected chi connectivity index (χ2v) is 18.0. The SMILES string of the molecule is CC(C)C[C@H](NC(=O)[C@H](CCCN=C(N)N)NC(=O)[C@@H]1CCCN1C(=O)[C@H](CCCN=C(N)N)NC(=O)[C@@H]1CCCN1C(=O)[C@H](CCCCN)NC(=O)[C@@H](N)CCC(=O)O)C(=O)N[C@H](C(=O)O)[C@@H](C)O. The van der Waals surface area contributed by atoms with E-state index in [1.807, 2.05) is 0 Å². The molecule has 0 radical (unpaired) electrons. The van der Waals surface area contributed by atoms with E-state index in [1.54, 1.807) is 13.8 Å². The average molecular weight is 996 g/mol. The number of likely N-dealkylation sites (tertiary alicyclic amines) is 2. The van der Waals surface area contributed by atoms with E-state index in [-0.39, 0.29) is 108 Å². The lowest BCUT2D eigenvalue weighted by atomic mass is 10.0. The zero-order valence-electron chi connectivity index (χ0n) is 40.5. The number of aliphatic hydroxyl groups excluding tert-OH is 1. The number of nitrogens with zero attached hydrogens (tertiary/aromatic N) is 4. The Hall–Kier alpha value is -6.35. The van der Waals surface area contributed by atoms with E-state index >= 15 is 0 Å². The number of unbranched alkanes of at least 4 members (excludes halogenated alkanes) is 1. The number of aliphatic hydroxyl groups is 1. The fraction of sp³-hybridized carbons (Fsp3) is 0.744. The number of aliphatic carboxylic acids is 2. The van der Waals surface area contributed by atoms with E-state index in [9.17, 15) is 53.4 Å². The summed E-state index contributed by atoms with van der Waals surface area (Å²) in [7, 11) is 0. The van der Waals surface area contributed by atoms with Gasteiger partial charge in [-0.25, -0.2) is 4.79 Å². The maximum absolute atomic E-state index is 14.5. The number of hydrogen-bond donors (Lipinski definition) is 14. The quantitative estimate of drug-likeness (QED) is 0.0176. The lowest BCUT2D eigenvalue weighted by Crippen LogP contribution is -2.60. The molecule has 2 rings (SSSR count). The molecule has 7 amide bonds. The summed E-state index contributed by atoms with van der Waals surface area (Å²) in [6.07, 6.45) is 0.713. The van der Waals surface area contributed by atoms with Gasteiger partial charge >= 0.3 is 11.9 Å². The first-order valence-electron chi connectivity index (χ1n) is 23.8. The van der Waals surface area contributed by atoms with Crippen LogP contribution in [0.4, 0.5) is 0 Å². The van der Waals surface area contributed by atoms with Gasteiger partial charge in [-0.3, -0.25) is 48.3 Å². The highest BCUT2D eigenvalue weighted by molar-refractivity contribution is 5.98. The van der Waals surface area contributed by atoms with Crippen LogP contribution in [0.25, 0.3) is 0 Å². The van der Waals surface area contributed by atoms with Crippen LogP contribution in [-0.4, -0.2) is 177 Å². The summed E-state index contributed by atoms with van der Waals surface area (Å²) in [5, 5.41) is 41.5. The smallest absolute Gasteiger partial charge is 0.328 e. The standard InChI is InChI=1S/C43H77N15O12/c1-23(2)22-29(36(64)56-33(24(3)59)41(69)70)55-35(63)26(11-6-18-50-42(46)47)52-37(65)30-13-8-20-57(30)40(68)28(12-7-19-51-43(48)49)54-38(66)31-14-9-21-58(31)39(67)27(10-4-5-17-44)53-34(62)25(45)15-16-32(60)61/h23-31,33,59H,4-22,44-45H2,1-3H3,(H,52,65)(H,53,62)(H,54,66)(H,55,63)(H,56,64)(H,60,61)(H,69,70)(H4,46,47,50)(H4,48,49,51)/t24-,25+,26+,27+,28+,29+,30+,31+,33+/m1/s1. The van der Waals surface area contributed by atoms with E-state index in [0.29, 0.717) is 32.2 Å². The van der Waals surface area contributed by atoms with Gasteiger partial charge in [0.25, 0.3) is 0 Å². The number of nitrogens with two attached hydrogens (primary N) is 6. The second-order valence-electron chi connectivity index (χ2n) is 18.0. The number of amides is 7. The maximum Gasteiger partial charge on any atom is 0.328 e. The number of aliphatic imine (C=N–C) groups is 2. The summed E-state index contributed by atoms with van der Waals surface area (Å²) in [6.45, 7) is 5.44. The first kappa shape index (κ1) is 59.8. The van der Waals surface area contributed by atoms with Crippen LogP contribution in [0.15, 0.2) is 9.98 Å². The van der Waals surface area contributed by atoms with Crippen LogP contribution >= 0.6 is 0 Å². The van der Waals surface area contributed by atoms with E-state index in [4.69, 9.17) is 39.5 Å². The normalized spacial score (nSPS) is 18.5. The molecular formula is C43H77N15O12. The highest BCUT2D eigenvalue weighted by Gasteiger charge is 2.42. The largest absolute Gasteiger partial charge is 0.481 e. The molecule has 2 aliphatic heterocycles. The van der Waals surface area contributed by atoms with Crippen molar-refractivity contribution in [1.82, 2.24) is 36.4 Å². The third kappa shape index (κ3) is 20.3. The number of guanidine groups is 2. The minimum atomic E-state index is -1.67. The van der Waals surface area contributed by atoms with Crippen molar-refractivity contribution in [3.05, 3.63) is 0 Å². The molecule has 0 saturated carbocycles. The zero-order chi connectivity index (χ0) is 52.7. The molecule has 0 aromatic carbocycles. The monoisotopic (exact) mass is 996 g/mol. The molecular weight excluding hydrogens is 919 g/mol. The molecule has 0 aromatic rings. The predicted octanol–water partition coefficient (Wildman–Crippen LogP) is -4.67. The maximum atomic E-state index is 14.5. The molecule has 27 nitrogen and oxygen atoms in total. The lowest BCUT2D eigenvalue weighted by molar-refractivity contribution is -0.145. The van der Waals surface area contributed by atoms with Crippen LogP contribution in [0.5, 0.6) is 0 Å². The Labute approximate surface area is 407 Å². The first-order valence-corrected chi connectivity index (χ1v) is 23.8. The zero-order valence-corrected chi connectivity index (χ0v) is 40.5. The minimum Gasteiger partial charge on any atom is -0.481 e. The molecule has 70 heavy (non-hydrogen) atoms. The number of rotatable bonds is 31. The fourth-order valence-corrected chi connectivity index (χ4v) is 8.13. The molecule has 0 unspecified atom stereocenters. The molecule has 9 atom stereocenters. The van der Waals surface area contributed by atoms with Gasteiger partial charge in [-0.1, -0.05) is 13.8 Å². The van der Waals surface area contributed by atoms with Gasteiger partial charge in [0, 0.05) is 32.6 Å². The summed E-state index contributed by atoms with van der Waals surface area (Å²) in [6, 6.07) is -10.0. The molecule has 27 heteroatoms. The average Bonchev–Trinajstić information content (AvgIpc) is 3.99. The van der Waals surface area contributed by atoms with E-state index < -0.39 is 108 Å². The first-order chi connectivity index (χ1) is 33.0. The van der Waals surface area contributed by atoms with Gasteiger partial charge in [-0.15, -0.1) is 0 Å². The second kappa shape index (κ2) is 30.3. The van der Waals surface area contributed by atoms with Gasteiger partial charge in [0.1, 0.15) is 36.3 Å². The molecule has 2 aliphatic rings. The van der Waals surface area contributed by atoms with Crippen molar-refractivity contribution in [3.8, 4) is 0 Å². The van der Waals surface area contributed by atoms with Gasteiger partial charge in [-0.05, 0) is 103 Å². The molecule has 396 valence electrons. The van der Waals surface area contributed by atoms with Gasteiger partial charge in [-0.2, -0.15) is 0 Å². The number of carbonyl (C=O) groups excluding carboxylic acids is 7. The lowest BCUT2D eigenvalue weighted by Gasteiger charge is -2.32. The molecule has 0 aliphatic carbocycles. The van der Waals surface area contributed by atoms with Crippen molar-refractivity contribution in [1.29, 1.82) is 0 Å². The Morgan fingerprint density at radius 3 is 1.53 bits per heavy atom. The third-order valence-corrected chi connectivity index (χ3v) is 11.8. The molecule has 0 aromatic heterocycles. The van der Waals surface area contributed by atoms with Gasteiger partial charge in [0.05, 0.1) is 12.1 Å². The summed E-state index contributed by atoms with van der Waals surface area (Å²) in [5.41, 5.74) is 33.6. The van der Waals surface area contributed by atoms with Gasteiger partial charge in [0.15, 0.2) is 18.0 Å². The Balaban J connectivity index is 2.40. The third-order valence-electron chi connectivity index (χ3n) is 11.8. The van der Waals surface area contributed by atoms with Crippen molar-refractivity contribution in [2.75, 3.05) is 32.7 Å². The van der Waals surface area contributed by atoms with Crippen LogP contribution in [-0.2, 0) is 43.2 Å². The number of carboxylic acid groups (broad SMARTS) is 2. The van der Waals surface area contributed by atoms with Crippen molar-refractivity contribution in [3.63, 3.8) is 0 Å². The Bertz CT molecular complexity index is 1860. The van der Waals surface area contributed by atoms with Crippen LogP contribution in [0.1, 0.15) is 111 Å². The Kier molecular flexibility index (Phi) is 25.9. The number of hydrogen-bond acceptors (Lipinski definition) is 14. The van der Waals surface area contributed by atoms with Crippen molar-refractivity contribution in [2.45, 2.75) is 165 Å². The summed E-state index contributed by atoms with van der Waals surface area (Å²) in [4.78, 5) is 131. The number of nitrogens with one attached hydrogen (secondary N) is 5. The number of carbonyl (C=O) groups is 9. The molecule has 0 spiro atoms. The summed E-state index contributed by atoms with van der Waals surface area (Å²) < 4.78 is 0. The van der Waals surface area contributed by atoms with Crippen LogP contribution in [0, 0.1) is 5.92 Å². The number of carboxylic acids is 2. The molecule has 2 heterocycles. The fourth-order valence-electron chi connectivity index (χ4n) is 8.13. The highest BCUT2D eigenvalue weighted by Crippen LogP contribution is 2.23. The Morgan fingerprint density at radius 2 is 1.07 bits per heavy atom. The summed E-state index contributed by atoms with van der Waals surface area (Å²) >= 11 is 0. The van der Waals surface area contributed by atoms with E-state index in [0.717, 1.165) is 0 Å². The summed E-state index contributed by atoms with van der Waals surface area (Å²) in [5.74, 6) is -8.24. The highest BCUT2D eigenvalue weighted by atomic mass is 16.4. The topological polar surface area (TPSA) is 462 Å². The minimum absolute atomic E-state index is 0.00574. The Morgan fingerprint density at radius 1 is 0.614 bits per heavy atom. The van der Waals surface area contributed by atoms with Gasteiger partial charge < -0.3 is 86.1 Å². The van der Waals surface area contributed by atoms with Crippen LogP contribution in [0.3, 0.4) is 0 Å².